The first-order chi connectivity index (χ1) is 13.9. The lowest BCUT2D eigenvalue weighted by atomic mass is 10.2. The number of amidine groups is 1. The van der Waals surface area contributed by atoms with E-state index in [1.54, 1.807) is 45.3 Å². The summed E-state index contributed by atoms with van der Waals surface area (Å²) in [6.45, 7) is 2.09. The molecule has 150 valence electrons. The first-order valence-corrected chi connectivity index (χ1v) is 10.4. The van der Waals surface area contributed by atoms with E-state index in [4.69, 9.17) is 9.47 Å². The maximum atomic E-state index is 12.6. The summed E-state index contributed by atoms with van der Waals surface area (Å²) in [5.74, 6) is 0.233. The number of hydrogen-bond acceptors (Lipinski definition) is 6. The van der Waals surface area contributed by atoms with Gasteiger partial charge in [-0.15, -0.1) is 0 Å². The normalized spacial score (nSPS) is 16.6. The lowest BCUT2D eigenvalue weighted by Crippen LogP contribution is -2.23. The molecule has 0 aliphatic carbocycles. The number of thioether (sulfide) groups is 1. The van der Waals surface area contributed by atoms with Crippen molar-refractivity contribution in [3.05, 3.63) is 63.0 Å². The van der Waals surface area contributed by atoms with Crippen LogP contribution in [0.1, 0.15) is 22.8 Å². The van der Waals surface area contributed by atoms with Crippen LogP contribution in [0.4, 0.5) is 5.69 Å². The van der Waals surface area contributed by atoms with Crippen LogP contribution in [0.15, 0.2) is 56.8 Å². The summed E-state index contributed by atoms with van der Waals surface area (Å²) in [6, 6.07) is 12.4. The fourth-order valence-corrected chi connectivity index (χ4v) is 4.12. The fraction of sp³-hybridized carbons (Fsp3) is 0.190. The number of methoxy groups -OCH3 is 1. The highest BCUT2D eigenvalue weighted by Crippen LogP contribution is 2.34. The molecule has 29 heavy (non-hydrogen) atoms. The third kappa shape index (κ3) is 4.89. The highest BCUT2D eigenvalue weighted by molar-refractivity contribution is 9.10. The van der Waals surface area contributed by atoms with Crippen molar-refractivity contribution in [2.45, 2.75) is 6.92 Å². The summed E-state index contributed by atoms with van der Waals surface area (Å²) < 4.78 is 11.0. The Hall–Kier alpha value is -2.58. The zero-order valence-corrected chi connectivity index (χ0v) is 18.5. The van der Waals surface area contributed by atoms with Crippen LogP contribution in [-0.2, 0) is 9.53 Å². The van der Waals surface area contributed by atoms with Crippen molar-refractivity contribution in [2.24, 2.45) is 4.99 Å². The average Bonchev–Trinajstić information content (AvgIpc) is 2.97. The van der Waals surface area contributed by atoms with Crippen molar-refractivity contribution < 1.29 is 19.1 Å². The van der Waals surface area contributed by atoms with Crippen LogP contribution in [0, 0.1) is 0 Å². The molecule has 1 fully saturated rings. The quantitative estimate of drug-likeness (QED) is 0.456. The minimum absolute atomic E-state index is 0.121. The van der Waals surface area contributed by atoms with Crippen molar-refractivity contribution >= 4 is 56.5 Å². The van der Waals surface area contributed by atoms with Gasteiger partial charge in [-0.25, -0.2) is 9.79 Å². The Morgan fingerprint density at radius 1 is 1.24 bits per heavy atom. The SMILES string of the molecule is CCOC(=O)c1ccc(N=C2S/C(=C\c3ccc(OC)c(Br)c3)C(=O)N2C)cc1. The van der Waals surface area contributed by atoms with Gasteiger partial charge >= 0.3 is 5.97 Å². The molecule has 0 aromatic heterocycles. The van der Waals surface area contributed by atoms with Gasteiger partial charge < -0.3 is 9.47 Å². The Bertz CT molecular complexity index is 1000. The van der Waals surface area contributed by atoms with Crippen molar-refractivity contribution in [1.82, 2.24) is 4.90 Å². The number of carbonyl (C=O) groups excluding carboxylic acids is 2. The topological polar surface area (TPSA) is 68.2 Å². The van der Waals surface area contributed by atoms with E-state index in [0.29, 0.717) is 27.9 Å². The number of nitrogens with zero attached hydrogens (tertiary/aromatic N) is 2. The minimum atomic E-state index is -0.370. The Kier molecular flexibility index (Phi) is 6.76. The maximum absolute atomic E-state index is 12.6. The van der Waals surface area contributed by atoms with Gasteiger partial charge in [0.1, 0.15) is 5.75 Å². The molecule has 0 spiro atoms. The molecule has 1 saturated heterocycles. The molecule has 2 aromatic carbocycles. The van der Waals surface area contributed by atoms with Crippen LogP contribution in [-0.4, -0.2) is 42.7 Å². The number of likely N-dealkylation sites (N-methyl/N-ethyl adjacent to an activating group) is 1. The molecule has 3 rings (SSSR count). The van der Waals surface area contributed by atoms with Crippen LogP contribution in [0.25, 0.3) is 6.08 Å². The zero-order chi connectivity index (χ0) is 21.0. The number of rotatable bonds is 5. The molecular formula is C21H19BrN2O4S. The molecule has 0 bridgehead atoms. The van der Waals surface area contributed by atoms with Crippen molar-refractivity contribution in [2.75, 3.05) is 20.8 Å². The molecule has 1 heterocycles. The Morgan fingerprint density at radius 2 is 1.97 bits per heavy atom. The fourth-order valence-electron chi connectivity index (χ4n) is 2.57. The van der Waals surface area contributed by atoms with Gasteiger partial charge in [-0.05, 0) is 82.7 Å². The lowest BCUT2D eigenvalue weighted by Gasteiger charge is -2.07. The second-order valence-electron chi connectivity index (χ2n) is 6.03. The minimum Gasteiger partial charge on any atom is -0.496 e. The van der Waals surface area contributed by atoms with E-state index in [9.17, 15) is 9.59 Å². The van der Waals surface area contributed by atoms with E-state index >= 15 is 0 Å². The van der Waals surface area contributed by atoms with Crippen LogP contribution in [0.3, 0.4) is 0 Å². The Balaban J connectivity index is 1.81. The molecule has 1 aliphatic heterocycles. The van der Waals surface area contributed by atoms with Gasteiger partial charge in [-0.1, -0.05) is 6.07 Å². The highest BCUT2D eigenvalue weighted by atomic mass is 79.9. The zero-order valence-electron chi connectivity index (χ0n) is 16.1. The summed E-state index contributed by atoms with van der Waals surface area (Å²) in [5.41, 5.74) is 1.99. The number of ether oxygens (including phenoxy) is 2. The third-order valence-corrected chi connectivity index (χ3v) is 5.76. The average molecular weight is 475 g/mol. The molecule has 0 atom stereocenters. The van der Waals surface area contributed by atoms with Gasteiger partial charge in [-0.2, -0.15) is 0 Å². The van der Waals surface area contributed by atoms with Gasteiger partial charge in [0.25, 0.3) is 5.91 Å². The van der Waals surface area contributed by atoms with Crippen molar-refractivity contribution in [3.8, 4) is 5.75 Å². The molecule has 0 saturated carbocycles. The van der Waals surface area contributed by atoms with E-state index in [-0.39, 0.29) is 11.9 Å². The van der Waals surface area contributed by atoms with E-state index in [0.717, 1.165) is 15.8 Å². The highest BCUT2D eigenvalue weighted by Gasteiger charge is 2.30. The number of amides is 1. The van der Waals surface area contributed by atoms with E-state index < -0.39 is 0 Å². The van der Waals surface area contributed by atoms with Crippen molar-refractivity contribution in [3.63, 3.8) is 0 Å². The van der Waals surface area contributed by atoms with Crippen LogP contribution in [0.5, 0.6) is 5.75 Å². The predicted octanol–water partition coefficient (Wildman–Crippen LogP) is 4.87. The van der Waals surface area contributed by atoms with E-state index in [1.807, 2.05) is 24.3 Å². The number of hydrogen-bond donors (Lipinski definition) is 0. The summed E-state index contributed by atoms with van der Waals surface area (Å²) in [6.07, 6.45) is 1.82. The van der Waals surface area contributed by atoms with Crippen LogP contribution < -0.4 is 4.74 Å². The number of carbonyl (C=O) groups is 2. The smallest absolute Gasteiger partial charge is 0.338 e. The number of aliphatic imine (C=N–C) groups is 1. The molecule has 1 aliphatic rings. The molecular weight excluding hydrogens is 456 g/mol. The summed E-state index contributed by atoms with van der Waals surface area (Å²) in [7, 11) is 3.29. The first kappa shape index (κ1) is 21.1. The second-order valence-corrected chi connectivity index (χ2v) is 7.89. The summed E-state index contributed by atoms with van der Waals surface area (Å²) in [4.78, 5) is 31.0. The molecule has 2 aromatic rings. The van der Waals surface area contributed by atoms with Gasteiger partial charge in [0.2, 0.25) is 0 Å². The first-order valence-electron chi connectivity index (χ1n) is 8.80. The summed E-state index contributed by atoms with van der Waals surface area (Å²) >= 11 is 4.75. The van der Waals surface area contributed by atoms with E-state index in [2.05, 4.69) is 20.9 Å². The van der Waals surface area contributed by atoms with Gasteiger partial charge in [-0.3, -0.25) is 9.69 Å². The lowest BCUT2D eigenvalue weighted by molar-refractivity contribution is -0.121. The molecule has 6 nitrogen and oxygen atoms in total. The van der Waals surface area contributed by atoms with E-state index in [1.165, 1.54) is 16.7 Å². The Morgan fingerprint density at radius 3 is 2.59 bits per heavy atom. The standard InChI is InChI=1S/C21H19BrN2O4S/c1-4-28-20(26)14-6-8-15(9-7-14)23-21-24(2)19(25)18(29-21)12-13-5-10-17(27-3)16(22)11-13/h5-12H,4H2,1-3H3/b18-12-,23-21?. The molecule has 8 heteroatoms. The monoisotopic (exact) mass is 474 g/mol. The number of benzene rings is 2. The van der Waals surface area contributed by atoms with Crippen molar-refractivity contribution in [1.29, 1.82) is 0 Å². The largest absolute Gasteiger partial charge is 0.496 e. The predicted molar refractivity (Wildman–Crippen MR) is 119 cm³/mol. The molecule has 1 amide bonds. The molecule has 0 radical (unpaired) electrons. The maximum Gasteiger partial charge on any atom is 0.338 e. The molecule has 0 unspecified atom stereocenters. The number of halogens is 1. The third-order valence-electron chi connectivity index (χ3n) is 4.08. The van der Waals surface area contributed by atoms with Crippen LogP contribution in [0.2, 0.25) is 0 Å². The number of esters is 1. The summed E-state index contributed by atoms with van der Waals surface area (Å²) in [5, 5.41) is 0.567. The Labute approximate surface area is 181 Å². The van der Waals surface area contributed by atoms with Gasteiger partial charge in [0.15, 0.2) is 5.17 Å². The van der Waals surface area contributed by atoms with Gasteiger partial charge in [0.05, 0.1) is 34.3 Å². The van der Waals surface area contributed by atoms with Crippen LogP contribution >= 0.6 is 27.7 Å². The second kappa shape index (κ2) is 9.28. The van der Waals surface area contributed by atoms with Gasteiger partial charge in [0, 0.05) is 7.05 Å². The molecule has 0 N–H and O–H groups in total.